The SMILES string of the molecule is CC(C)CNC(=O)c1cccnc1Cl. The molecule has 3 nitrogen and oxygen atoms in total. The fraction of sp³-hybridized carbons (Fsp3) is 0.400. The number of rotatable bonds is 3. The average molecular weight is 213 g/mol. The standard InChI is InChI=1S/C10H13ClN2O/c1-7(2)6-13-10(14)8-4-3-5-12-9(8)11/h3-5,7H,6H2,1-2H3,(H,13,14). The topological polar surface area (TPSA) is 42.0 Å². The number of aromatic nitrogens is 1. The summed E-state index contributed by atoms with van der Waals surface area (Å²) in [5.41, 5.74) is 0.426. The molecular weight excluding hydrogens is 200 g/mol. The van der Waals surface area contributed by atoms with Crippen molar-refractivity contribution in [1.82, 2.24) is 10.3 Å². The van der Waals surface area contributed by atoms with E-state index in [4.69, 9.17) is 11.6 Å². The summed E-state index contributed by atoms with van der Waals surface area (Å²) >= 11 is 5.76. The molecular formula is C10H13ClN2O. The maximum Gasteiger partial charge on any atom is 0.254 e. The monoisotopic (exact) mass is 212 g/mol. The van der Waals surface area contributed by atoms with Crippen molar-refractivity contribution in [2.45, 2.75) is 13.8 Å². The lowest BCUT2D eigenvalue weighted by molar-refractivity contribution is 0.0949. The molecule has 1 N–H and O–H groups in total. The maximum atomic E-state index is 11.5. The highest BCUT2D eigenvalue weighted by Crippen LogP contribution is 2.10. The third-order valence-electron chi connectivity index (χ3n) is 1.67. The van der Waals surface area contributed by atoms with Gasteiger partial charge in [0.15, 0.2) is 0 Å². The van der Waals surface area contributed by atoms with Gasteiger partial charge in [-0.25, -0.2) is 4.98 Å². The normalized spacial score (nSPS) is 10.3. The van der Waals surface area contributed by atoms with Crippen molar-refractivity contribution in [2.24, 2.45) is 5.92 Å². The van der Waals surface area contributed by atoms with Gasteiger partial charge in [-0.1, -0.05) is 25.4 Å². The second-order valence-corrected chi connectivity index (χ2v) is 3.80. The number of carbonyl (C=O) groups excluding carboxylic acids is 1. The summed E-state index contributed by atoms with van der Waals surface area (Å²) in [6.45, 7) is 4.71. The van der Waals surface area contributed by atoms with Gasteiger partial charge >= 0.3 is 0 Å². The van der Waals surface area contributed by atoms with E-state index in [1.54, 1.807) is 18.3 Å². The molecule has 76 valence electrons. The van der Waals surface area contributed by atoms with Crippen molar-refractivity contribution in [3.63, 3.8) is 0 Å². The van der Waals surface area contributed by atoms with E-state index < -0.39 is 0 Å². The van der Waals surface area contributed by atoms with Gasteiger partial charge in [-0.05, 0) is 18.1 Å². The van der Waals surface area contributed by atoms with Crippen LogP contribution in [0.2, 0.25) is 5.15 Å². The minimum absolute atomic E-state index is 0.170. The minimum atomic E-state index is -0.170. The zero-order chi connectivity index (χ0) is 10.6. The maximum absolute atomic E-state index is 11.5. The number of pyridine rings is 1. The number of nitrogens with one attached hydrogen (secondary N) is 1. The van der Waals surface area contributed by atoms with E-state index in [1.165, 1.54) is 0 Å². The Morgan fingerprint density at radius 2 is 2.36 bits per heavy atom. The highest BCUT2D eigenvalue weighted by atomic mass is 35.5. The van der Waals surface area contributed by atoms with Crippen LogP contribution in [0.3, 0.4) is 0 Å². The molecule has 14 heavy (non-hydrogen) atoms. The molecule has 1 aromatic rings. The van der Waals surface area contributed by atoms with Crippen LogP contribution < -0.4 is 5.32 Å². The van der Waals surface area contributed by atoms with Crippen LogP contribution in [0.4, 0.5) is 0 Å². The molecule has 0 saturated heterocycles. The van der Waals surface area contributed by atoms with Gasteiger partial charge in [-0.2, -0.15) is 0 Å². The third kappa shape index (κ3) is 3.00. The molecule has 0 aromatic carbocycles. The zero-order valence-electron chi connectivity index (χ0n) is 8.25. The summed E-state index contributed by atoms with van der Waals surface area (Å²) in [4.78, 5) is 15.4. The van der Waals surface area contributed by atoms with Gasteiger partial charge in [-0.15, -0.1) is 0 Å². The van der Waals surface area contributed by atoms with Crippen molar-refractivity contribution in [2.75, 3.05) is 6.54 Å². The Morgan fingerprint density at radius 3 is 2.93 bits per heavy atom. The first-order valence-electron chi connectivity index (χ1n) is 4.50. The summed E-state index contributed by atoms with van der Waals surface area (Å²) in [7, 11) is 0. The van der Waals surface area contributed by atoms with Crippen molar-refractivity contribution in [3.8, 4) is 0 Å². The highest BCUT2D eigenvalue weighted by molar-refractivity contribution is 6.32. The molecule has 1 amide bonds. The molecule has 4 heteroatoms. The van der Waals surface area contributed by atoms with Gasteiger partial charge in [0.2, 0.25) is 0 Å². The van der Waals surface area contributed by atoms with Gasteiger partial charge < -0.3 is 5.32 Å². The summed E-state index contributed by atoms with van der Waals surface area (Å²) in [6, 6.07) is 3.35. The molecule has 0 bridgehead atoms. The first-order valence-corrected chi connectivity index (χ1v) is 4.87. The predicted molar refractivity (Wildman–Crippen MR) is 56.4 cm³/mol. The number of hydrogen-bond acceptors (Lipinski definition) is 2. The lowest BCUT2D eigenvalue weighted by Gasteiger charge is -2.07. The first-order chi connectivity index (χ1) is 6.61. The molecule has 0 aliphatic carbocycles. The largest absolute Gasteiger partial charge is 0.352 e. The number of halogens is 1. The minimum Gasteiger partial charge on any atom is -0.352 e. The fourth-order valence-corrected chi connectivity index (χ4v) is 1.15. The Balaban J connectivity index is 2.65. The van der Waals surface area contributed by atoms with Crippen molar-refractivity contribution < 1.29 is 4.79 Å². The van der Waals surface area contributed by atoms with E-state index >= 15 is 0 Å². The van der Waals surface area contributed by atoms with Crippen LogP contribution in [0.1, 0.15) is 24.2 Å². The molecule has 0 aliphatic heterocycles. The Hall–Kier alpha value is -1.09. The van der Waals surface area contributed by atoms with Crippen LogP contribution in [0.25, 0.3) is 0 Å². The smallest absolute Gasteiger partial charge is 0.254 e. The van der Waals surface area contributed by atoms with Crippen LogP contribution in [-0.2, 0) is 0 Å². The Labute approximate surface area is 88.5 Å². The van der Waals surface area contributed by atoms with E-state index in [-0.39, 0.29) is 11.1 Å². The molecule has 0 atom stereocenters. The van der Waals surface area contributed by atoms with Crippen LogP contribution in [0, 0.1) is 5.92 Å². The van der Waals surface area contributed by atoms with E-state index in [0.717, 1.165) is 0 Å². The van der Waals surface area contributed by atoms with E-state index in [2.05, 4.69) is 10.3 Å². The van der Waals surface area contributed by atoms with Crippen molar-refractivity contribution in [1.29, 1.82) is 0 Å². The third-order valence-corrected chi connectivity index (χ3v) is 1.98. The zero-order valence-corrected chi connectivity index (χ0v) is 9.01. The van der Waals surface area contributed by atoms with Crippen molar-refractivity contribution >= 4 is 17.5 Å². The molecule has 0 aliphatic rings. The number of hydrogen-bond donors (Lipinski definition) is 1. The number of nitrogens with zero attached hydrogens (tertiary/aromatic N) is 1. The Kier molecular flexibility index (Phi) is 3.89. The van der Waals surface area contributed by atoms with Crippen LogP contribution in [0.15, 0.2) is 18.3 Å². The molecule has 1 aromatic heterocycles. The van der Waals surface area contributed by atoms with E-state index in [0.29, 0.717) is 18.0 Å². The number of amides is 1. The first kappa shape index (κ1) is 11.0. The second-order valence-electron chi connectivity index (χ2n) is 3.45. The summed E-state index contributed by atoms with van der Waals surface area (Å²) in [5.74, 6) is 0.256. The second kappa shape index (κ2) is 4.96. The molecule has 0 radical (unpaired) electrons. The van der Waals surface area contributed by atoms with Gasteiger partial charge in [0, 0.05) is 12.7 Å². The molecule has 1 rings (SSSR count). The van der Waals surface area contributed by atoms with Gasteiger partial charge in [0.1, 0.15) is 5.15 Å². The Morgan fingerprint density at radius 1 is 1.64 bits per heavy atom. The predicted octanol–water partition coefficient (Wildman–Crippen LogP) is 2.12. The van der Waals surface area contributed by atoms with Crippen molar-refractivity contribution in [3.05, 3.63) is 29.0 Å². The molecule has 0 unspecified atom stereocenters. The van der Waals surface area contributed by atoms with Gasteiger partial charge in [0.25, 0.3) is 5.91 Å². The molecule has 0 spiro atoms. The molecule has 0 fully saturated rings. The summed E-state index contributed by atoms with van der Waals surface area (Å²) in [6.07, 6.45) is 1.56. The van der Waals surface area contributed by atoms with Gasteiger partial charge in [0.05, 0.1) is 5.56 Å². The van der Waals surface area contributed by atoms with E-state index in [1.807, 2.05) is 13.8 Å². The van der Waals surface area contributed by atoms with Crippen LogP contribution >= 0.6 is 11.6 Å². The highest BCUT2D eigenvalue weighted by Gasteiger charge is 2.09. The fourth-order valence-electron chi connectivity index (χ4n) is 0.947. The average Bonchev–Trinajstić information content (AvgIpc) is 2.15. The lowest BCUT2D eigenvalue weighted by atomic mass is 10.2. The Bertz CT molecular complexity index is 326. The van der Waals surface area contributed by atoms with Gasteiger partial charge in [-0.3, -0.25) is 4.79 Å². The quantitative estimate of drug-likeness (QED) is 0.780. The van der Waals surface area contributed by atoms with Crippen LogP contribution in [-0.4, -0.2) is 17.4 Å². The summed E-state index contributed by atoms with van der Waals surface area (Å²) < 4.78 is 0. The lowest BCUT2D eigenvalue weighted by Crippen LogP contribution is -2.27. The van der Waals surface area contributed by atoms with E-state index in [9.17, 15) is 4.79 Å². The number of carbonyl (C=O) groups is 1. The van der Waals surface area contributed by atoms with Crippen LogP contribution in [0.5, 0.6) is 0 Å². The molecule has 1 heterocycles. The summed E-state index contributed by atoms with van der Waals surface area (Å²) in [5, 5.41) is 3.02. The molecule has 0 saturated carbocycles.